The molecule has 4 N–H and O–H groups in total. The van der Waals surface area contributed by atoms with Crippen LogP contribution in [0, 0.1) is 11.3 Å². The van der Waals surface area contributed by atoms with Gasteiger partial charge in [0.15, 0.2) is 11.5 Å². The smallest absolute Gasteiger partial charge is 0.345 e. The maximum absolute atomic E-state index is 13.2. The van der Waals surface area contributed by atoms with Crippen LogP contribution in [0.3, 0.4) is 0 Å². The van der Waals surface area contributed by atoms with Crippen molar-refractivity contribution in [2.75, 3.05) is 12.8 Å². The molecule has 0 aliphatic carbocycles. The highest BCUT2D eigenvalue weighted by atomic mass is 16.5. The molecule has 0 fully saturated rings. The van der Waals surface area contributed by atoms with Crippen molar-refractivity contribution >= 4 is 27.8 Å². The number of pyridine rings is 2. The van der Waals surface area contributed by atoms with Gasteiger partial charge in [-0.05, 0) is 41.5 Å². The molecule has 0 atom stereocenters. The number of anilines is 1. The second-order valence-corrected chi connectivity index (χ2v) is 7.51. The van der Waals surface area contributed by atoms with Crippen molar-refractivity contribution in [1.82, 2.24) is 9.97 Å². The first-order valence-electron chi connectivity index (χ1n) is 10.1. The van der Waals surface area contributed by atoms with Crippen molar-refractivity contribution in [1.29, 1.82) is 5.26 Å². The first-order chi connectivity index (χ1) is 16.4. The molecule has 0 amide bonds. The van der Waals surface area contributed by atoms with E-state index in [1.807, 2.05) is 12.1 Å². The van der Waals surface area contributed by atoms with Gasteiger partial charge in [0.05, 0.1) is 23.8 Å². The molecule has 0 spiro atoms. The Morgan fingerprint density at radius 2 is 1.91 bits per heavy atom. The van der Waals surface area contributed by atoms with Crippen LogP contribution in [0.5, 0.6) is 11.5 Å². The van der Waals surface area contributed by atoms with Crippen LogP contribution < -0.4 is 21.5 Å². The molecule has 0 aliphatic heterocycles. The van der Waals surface area contributed by atoms with Crippen molar-refractivity contribution in [2.24, 2.45) is 0 Å². The second-order valence-electron chi connectivity index (χ2n) is 7.51. The van der Waals surface area contributed by atoms with E-state index in [0.717, 1.165) is 0 Å². The molecule has 0 radical (unpaired) electrons. The minimum Gasteiger partial charge on any atom is -0.504 e. The Bertz CT molecular complexity index is 1780. The zero-order chi connectivity index (χ0) is 24.0. The van der Waals surface area contributed by atoms with Crippen molar-refractivity contribution < 1.29 is 14.3 Å². The number of nitrogens with one attached hydrogen (secondary N) is 1. The number of aromatic hydroxyl groups is 1. The highest BCUT2D eigenvalue weighted by molar-refractivity contribution is 5.97. The normalized spacial score (nSPS) is 10.9. The number of ether oxygens (including phenoxy) is 1. The van der Waals surface area contributed by atoms with Gasteiger partial charge < -0.3 is 25.0 Å². The lowest BCUT2D eigenvalue weighted by Crippen LogP contribution is -2.14. The largest absolute Gasteiger partial charge is 0.504 e. The summed E-state index contributed by atoms with van der Waals surface area (Å²) in [6.45, 7) is 0. The van der Waals surface area contributed by atoms with E-state index < -0.39 is 11.1 Å². The number of methoxy groups -OCH3 is 1. The number of nitrogen functional groups attached to an aromatic ring is 1. The molecule has 0 aliphatic rings. The molecule has 166 valence electrons. The van der Waals surface area contributed by atoms with Crippen LogP contribution in [0.15, 0.2) is 68.6 Å². The Morgan fingerprint density at radius 1 is 1.12 bits per heavy atom. The fraction of sp³-hybridized carbons (Fsp3) is 0.0400. The lowest BCUT2D eigenvalue weighted by Gasteiger charge is -2.12. The van der Waals surface area contributed by atoms with Gasteiger partial charge in [-0.1, -0.05) is 24.3 Å². The zero-order valence-electron chi connectivity index (χ0n) is 17.7. The van der Waals surface area contributed by atoms with Gasteiger partial charge in [-0.3, -0.25) is 4.79 Å². The Balaban J connectivity index is 1.90. The molecule has 34 heavy (non-hydrogen) atoms. The van der Waals surface area contributed by atoms with Crippen molar-refractivity contribution in [3.05, 3.63) is 80.8 Å². The summed E-state index contributed by atoms with van der Waals surface area (Å²) in [6, 6.07) is 16.6. The Hall–Kier alpha value is -5.10. The molecule has 0 unspecified atom stereocenters. The second kappa shape index (κ2) is 7.79. The predicted molar refractivity (Wildman–Crippen MR) is 127 cm³/mol. The average molecular weight is 452 g/mol. The van der Waals surface area contributed by atoms with E-state index in [1.54, 1.807) is 42.5 Å². The van der Waals surface area contributed by atoms with Crippen LogP contribution in [-0.2, 0) is 0 Å². The van der Waals surface area contributed by atoms with Crippen LogP contribution in [0.4, 0.5) is 5.82 Å². The van der Waals surface area contributed by atoms with E-state index in [4.69, 9.17) is 14.9 Å². The Labute approximate surface area is 191 Å². The van der Waals surface area contributed by atoms with Gasteiger partial charge in [-0.15, -0.1) is 0 Å². The standard InChI is InChI=1S/C25H16N4O5/c1-33-20-9-12(6-7-18(20)30)14-10-17(15-8-13-4-2-3-5-19(13)34-25(15)32)28-24-21(14)22(31)16(11-26)23(27)29-24/h2-10,30H,1H3,(H3,27,28,29,31). The van der Waals surface area contributed by atoms with E-state index in [9.17, 15) is 20.0 Å². The van der Waals surface area contributed by atoms with Crippen LogP contribution in [0.25, 0.3) is 44.4 Å². The lowest BCUT2D eigenvalue weighted by atomic mass is 9.98. The van der Waals surface area contributed by atoms with Crippen molar-refractivity contribution in [3.63, 3.8) is 0 Å². The molecule has 5 aromatic rings. The van der Waals surface area contributed by atoms with Crippen molar-refractivity contribution in [3.8, 4) is 40.0 Å². The van der Waals surface area contributed by atoms with Gasteiger partial charge in [0.1, 0.15) is 28.7 Å². The lowest BCUT2D eigenvalue weighted by molar-refractivity contribution is 0.373. The number of benzene rings is 2. The van der Waals surface area contributed by atoms with E-state index in [0.29, 0.717) is 22.1 Å². The number of hydrogen-bond acceptors (Lipinski definition) is 8. The predicted octanol–water partition coefficient (Wildman–Crippen LogP) is 3.53. The number of fused-ring (bicyclic) bond motifs is 2. The van der Waals surface area contributed by atoms with E-state index in [-0.39, 0.29) is 45.2 Å². The van der Waals surface area contributed by atoms with Gasteiger partial charge in [0.25, 0.3) is 0 Å². The van der Waals surface area contributed by atoms with Crippen molar-refractivity contribution in [2.45, 2.75) is 0 Å². The van der Waals surface area contributed by atoms with E-state index >= 15 is 0 Å². The zero-order valence-corrected chi connectivity index (χ0v) is 17.7. The highest BCUT2D eigenvalue weighted by Crippen LogP contribution is 2.35. The molecule has 3 heterocycles. The average Bonchev–Trinajstić information content (AvgIpc) is 2.83. The molecule has 2 aromatic carbocycles. The summed E-state index contributed by atoms with van der Waals surface area (Å²) >= 11 is 0. The maximum Gasteiger partial charge on any atom is 0.345 e. The molecule has 9 heteroatoms. The molecule has 3 aromatic heterocycles. The summed E-state index contributed by atoms with van der Waals surface area (Å²) in [5.41, 5.74) is 6.21. The van der Waals surface area contributed by atoms with Gasteiger partial charge in [-0.25, -0.2) is 9.78 Å². The van der Waals surface area contributed by atoms with Crippen LogP contribution >= 0.6 is 0 Å². The molecular formula is C25H16N4O5. The number of nitrogens with zero attached hydrogens (tertiary/aromatic N) is 2. The Kier molecular flexibility index (Phi) is 4.76. The fourth-order valence-electron chi connectivity index (χ4n) is 3.87. The Morgan fingerprint density at radius 3 is 2.68 bits per heavy atom. The number of H-pyrrole nitrogens is 1. The molecule has 0 saturated carbocycles. The first kappa shape index (κ1) is 20.8. The number of nitriles is 1. The monoisotopic (exact) mass is 452 g/mol. The van der Waals surface area contributed by atoms with Gasteiger partial charge >= 0.3 is 5.63 Å². The highest BCUT2D eigenvalue weighted by Gasteiger charge is 2.20. The number of hydrogen-bond donors (Lipinski definition) is 3. The first-order valence-corrected chi connectivity index (χ1v) is 10.1. The summed E-state index contributed by atoms with van der Waals surface area (Å²) in [5.74, 6) is -0.0399. The van der Waals surface area contributed by atoms with Crippen LogP contribution in [0.2, 0.25) is 0 Å². The molecule has 0 saturated heterocycles. The van der Waals surface area contributed by atoms with Crippen LogP contribution in [0.1, 0.15) is 5.56 Å². The number of rotatable bonds is 3. The van der Waals surface area contributed by atoms with E-state index in [2.05, 4.69) is 9.97 Å². The number of phenols is 1. The minimum atomic E-state index is -0.611. The number of aromatic amines is 1. The number of para-hydroxylation sites is 1. The molecular weight excluding hydrogens is 436 g/mol. The molecule has 5 rings (SSSR count). The number of aromatic nitrogens is 2. The number of phenolic OH excluding ortho intramolecular Hbond substituents is 1. The topological polar surface area (TPSA) is 155 Å². The number of nitrogens with two attached hydrogens (primary N) is 1. The third-order valence-corrected chi connectivity index (χ3v) is 5.52. The van der Waals surface area contributed by atoms with Crippen LogP contribution in [-0.4, -0.2) is 22.2 Å². The maximum atomic E-state index is 13.2. The third-order valence-electron chi connectivity index (χ3n) is 5.52. The third kappa shape index (κ3) is 3.22. The summed E-state index contributed by atoms with van der Waals surface area (Å²) in [4.78, 5) is 33.2. The summed E-state index contributed by atoms with van der Waals surface area (Å²) in [6.07, 6.45) is 0. The minimum absolute atomic E-state index is 0.0872. The quantitative estimate of drug-likeness (QED) is 0.351. The summed E-state index contributed by atoms with van der Waals surface area (Å²) < 4.78 is 10.7. The molecule has 0 bridgehead atoms. The van der Waals surface area contributed by atoms with Gasteiger partial charge in [0.2, 0.25) is 5.43 Å². The summed E-state index contributed by atoms with van der Waals surface area (Å²) in [7, 11) is 1.40. The summed E-state index contributed by atoms with van der Waals surface area (Å²) in [5, 5.41) is 20.2. The van der Waals surface area contributed by atoms with Gasteiger partial charge in [0, 0.05) is 5.39 Å². The van der Waals surface area contributed by atoms with E-state index in [1.165, 1.54) is 13.2 Å². The van der Waals surface area contributed by atoms with Gasteiger partial charge in [-0.2, -0.15) is 5.26 Å². The molecule has 9 nitrogen and oxygen atoms in total. The SMILES string of the molecule is COc1cc(-c2cc(-c3cc4ccccc4oc3=O)nc3[nH]c(N)c(C#N)c(=O)c23)ccc1O. The fourth-order valence-corrected chi connectivity index (χ4v) is 3.87.